The number of ether oxygens (including phenoxy) is 1. The van der Waals surface area contributed by atoms with Crippen LogP contribution in [0.1, 0.15) is 33.7 Å². The van der Waals surface area contributed by atoms with Gasteiger partial charge in [-0.3, -0.25) is 4.68 Å². The first-order valence-corrected chi connectivity index (χ1v) is 6.27. The van der Waals surface area contributed by atoms with E-state index in [1.807, 2.05) is 24.7 Å². The molecule has 1 aliphatic heterocycles. The van der Waals surface area contributed by atoms with Crippen molar-refractivity contribution in [3.05, 3.63) is 12.4 Å². The molecule has 100 valence electrons. The van der Waals surface area contributed by atoms with E-state index in [0.29, 0.717) is 13.5 Å². The fourth-order valence-electron chi connectivity index (χ4n) is 1.47. The third-order valence-corrected chi connectivity index (χ3v) is 3.72. The number of hydrogen-bond acceptors (Lipinski definition) is 4. The summed E-state index contributed by atoms with van der Waals surface area (Å²) in [5.74, 6) is 0. The van der Waals surface area contributed by atoms with E-state index in [9.17, 15) is 5.11 Å². The highest BCUT2D eigenvalue weighted by Gasteiger charge is 2.35. The molecule has 0 radical (unpaired) electrons. The van der Waals surface area contributed by atoms with Gasteiger partial charge in [0.1, 0.15) is 0 Å². The van der Waals surface area contributed by atoms with Crippen LogP contribution < -0.4 is 5.46 Å². The van der Waals surface area contributed by atoms with Gasteiger partial charge in [-0.05, 0) is 33.2 Å². The third-order valence-electron chi connectivity index (χ3n) is 3.72. The lowest BCUT2D eigenvalue weighted by molar-refractivity contribution is -0.0893. The van der Waals surface area contributed by atoms with Crippen LogP contribution in [0.3, 0.4) is 0 Å². The largest absolute Gasteiger partial charge is 0.427 e. The average Bonchev–Trinajstić information content (AvgIpc) is 2.59. The molecule has 0 spiro atoms. The summed E-state index contributed by atoms with van der Waals surface area (Å²) < 4.78 is 12.8. The van der Waals surface area contributed by atoms with Crippen LogP contribution in [0.25, 0.3) is 0 Å². The van der Waals surface area contributed by atoms with Crippen LogP contribution in [-0.4, -0.2) is 46.8 Å². The molecule has 5 nitrogen and oxygen atoms in total. The van der Waals surface area contributed by atoms with Crippen molar-refractivity contribution in [2.75, 3.05) is 13.2 Å². The zero-order valence-electron chi connectivity index (χ0n) is 11.5. The van der Waals surface area contributed by atoms with E-state index in [0.717, 1.165) is 18.7 Å². The van der Waals surface area contributed by atoms with Gasteiger partial charge < -0.3 is 14.5 Å². The maximum Gasteiger partial charge on any atom is 0.312 e. The van der Waals surface area contributed by atoms with E-state index in [1.54, 1.807) is 20.0 Å². The van der Waals surface area contributed by atoms with Gasteiger partial charge in [0, 0.05) is 12.4 Å². The SMILES string of the molecule is CC(C)(O)C(C)(C)OBc1cnn(C2COC2)c1. The molecule has 1 fully saturated rings. The van der Waals surface area contributed by atoms with Crippen LogP contribution in [0.15, 0.2) is 12.4 Å². The Morgan fingerprint density at radius 3 is 2.61 bits per heavy atom. The molecule has 1 aromatic rings. The Kier molecular flexibility index (Phi) is 3.53. The lowest BCUT2D eigenvalue weighted by Gasteiger charge is -2.37. The zero-order valence-corrected chi connectivity index (χ0v) is 11.5. The van der Waals surface area contributed by atoms with Gasteiger partial charge in [-0.1, -0.05) is 0 Å². The maximum absolute atomic E-state index is 10.0. The van der Waals surface area contributed by atoms with Crippen LogP contribution in [0, 0.1) is 0 Å². The Morgan fingerprint density at radius 2 is 2.11 bits per heavy atom. The molecule has 1 aromatic heterocycles. The molecule has 1 N–H and O–H groups in total. The quantitative estimate of drug-likeness (QED) is 0.749. The Morgan fingerprint density at radius 1 is 1.44 bits per heavy atom. The van der Waals surface area contributed by atoms with Gasteiger partial charge in [-0.15, -0.1) is 0 Å². The fraction of sp³-hybridized carbons (Fsp3) is 0.750. The monoisotopic (exact) mass is 252 g/mol. The van der Waals surface area contributed by atoms with Crippen molar-refractivity contribution < 1.29 is 14.5 Å². The minimum absolute atomic E-state index is 0.362. The van der Waals surface area contributed by atoms with Gasteiger partial charge >= 0.3 is 7.48 Å². The van der Waals surface area contributed by atoms with Crippen molar-refractivity contribution in [2.24, 2.45) is 0 Å². The summed E-state index contributed by atoms with van der Waals surface area (Å²) in [5, 5.41) is 14.3. The highest BCUT2D eigenvalue weighted by molar-refractivity contribution is 6.46. The average molecular weight is 252 g/mol. The summed E-state index contributed by atoms with van der Waals surface area (Å²) in [5.41, 5.74) is -0.473. The van der Waals surface area contributed by atoms with Gasteiger partial charge in [0.15, 0.2) is 0 Å². The highest BCUT2D eigenvalue weighted by atomic mass is 16.5. The molecule has 0 atom stereocenters. The standard InChI is InChI=1S/C12H21BN2O3/c1-11(2,16)12(3,4)18-13-9-5-14-15(6-9)10-7-17-8-10/h5-6,10,13,16H,7-8H2,1-4H3. The zero-order chi connectivity index (χ0) is 13.4. The minimum Gasteiger partial charge on any atom is -0.427 e. The van der Waals surface area contributed by atoms with E-state index in [2.05, 4.69) is 5.10 Å². The van der Waals surface area contributed by atoms with Crippen LogP contribution in [0.2, 0.25) is 0 Å². The third kappa shape index (κ3) is 2.76. The molecule has 6 heteroatoms. The molecule has 0 saturated carbocycles. The number of aliphatic hydroxyl groups is 1. The topological polar surface area (TPSA) is 56.5 Å². The van der Waals surface area contributed by atoms with Crippen LogP contribution in [-0.2, 0) is 9.39 Å². The normalized spacial score (nSPS) is 17.6. The first-order valence-electron chi connectivity index (χ1n) is 6.27. The first kappa shape index (κ1) is 13.6. The Hall–Kier alpha value is -0.845. The van der Waals surface area contributed by atoms with Gasteiger partial charge in [-0.25, -0.2) is 0 Å². The number of aromatic nitrogens is 2. The van der Waals surface area contributed by atoms with Gasteiger partial charge in [-0.2, -0.15) is 5.10 Å². The molecule has 18 heavy (non-hydrogen) atoms. The second-order valence-electron chi connectivity index (χ2n) is 5.88. The molecule has 1 aliphatic rings. The second-order valence-corrected chi connectivity index (χ2v) is 5.88. The predicted octanol–water partition coefficient (Wildman–Crippen LogP) is -0.00270. The molecule has 0 aliphatic carbocycles. The Labute approximate surface area is 108 Å². The van der Waals surface area contributed by atoms with Gasteiger partial charge in [0.05, 0.1) is 30.5 Å². The molecule has 2 rings (SSSR count). The van der Waals surface area contributed by atoms with Crippen molar-refractivity contribution in [3.8, 4) is 0 Å². The predicted molar refractivity (Wildman–Crippen MR) is 70.3 cm³/mol. The maximum atomic E-state index is 10.0. The van der Waals surface area contributed by atoms with E-state index in [-0.39, 0.29) is 0 Å². The molecule has 2 heterocycles. The van der Waals surface area contributed by atoms with E-state index in [1.165, 1.54) is 0 Å². The first-order chi connectivity index (χ1) is 8.29. The summed E-state index contributed by atoms with van der Waals surface area (Å²) in [4.78, 5) is 0. The lowest BCUT2D eigenvalue weighted by atomic mass is 9.84. The van der Waals surface area contributed by atoms with E-state index < -0.39 is 11.2 Å². The van der Waals surface area contributed by atoms with Crippen molar-refractivity contribution in [3.63, 3.8) is 0 Å². The van der Waals surface area contributed by atoms with Crippen molar-refractivity contribution >= 4 is 12.9 Å². The van der Waals surface area contributed by atoms with Crippen LogP contribution in [0.5, 0.6) is 0 Å². The molecular weight excluding hydrogens is 231 g/mol. The summed E-state index contributed by atoms with van der Waals surface area (Å²) in [7, 11) is 0.449. The van der Waals surface area contributed by atoms with Crippen LogP contribution in [0.4, 0.5) is 0 Å². The molecule has 0 aromatic carbocycles. The Balaban J connectivity index is 1.92. The number of rotatable bonds is 5. The minimum atomic E-state index is -0.884. The van der Waals surface area contributed by atoms with Crippen LogP contribution >= 0.6 is 0 Å². The highest BCUT2D eigenvalue weighted by Crippen LogP contribution is 2.24. The molecule has 1 saturated heterocycles. The number of hydrogen-bond donors (Lipinski definition) is 1. The lowest BCUT2D eigenvalue weighted by Crippen LogP contribution is -2.49. The summed E-state index contributed by atoms with van der Waals surface area (Å²) in [6.45, 7) is 8.74. The number of nitrogens with zero attached hydrogens (tertiary/aromatic N) is 2. The van der Waals surface area contributed by atoms with Crippen molar-refractivity contribution in [1.29, 1.82) is 0 Å². The molecule has 0 unspecified atom stereocenters. The Bertz CT molecular complexity index is 408. The van der Waals surface area contributed by atoms with E-state index >= 15 is 0 Å². The summed E-state index contributed by atoms with van der Waals surface area (Å²) in [6.07, 6.45) is 3.78. The molecule has 0 amide bonds. The van der Waals surface area contributed by atoms with Crippen molar-refractivity contribution in [1.82, 2.24) is 9.78 Å². The van der Waals surface area contributed by atoms with Gasteiger partial charge in [0.2, 0.25) is 0 Å². The smallest absolute Gasteiger partial charge is 0.312 e. The van der Waals surface area contributed by atoms with Crippen molar-refractivity contribution in [2.45, 2.75) is 44.9 Å². The van der Waals surface area contributed by atoms with Gasteiger partial charge in [0.25, 0.3) is 0 Å². The fourth-order valence-corrected chi connectivity index (χ4v) is 1.47. The molecule has 0 bridgehead atoms. The van der Waals surface area contributed by atoms with E-state index in [4.69, 9.17) is 9.39 Å². The second kappa shape index (κ2) is 4.68. The summed E-state index contributed by atoms with van der Waals surface area (Å²) >= 11 is 0. The molecular formula is C12H21BN2O3. The summed E-state index contributed by atoms with van der Waals surface area (Å²) in [6, 6.07) is 0.362.